The fourth-order valence-electron chi connectivity index (χ4n) is 2.74. The van der Waals surface area contributed by atoms with Crippen LogP contribution in [0.1, 0.15) is 38.8 Å². The van der Waals surface area contributed by atoms with Crippen LogP contribution in [-0.4, -0.2) is 16.9 Å². The highest BCUT2D eigenvalue weighted by molar-refractivity contribution is 5.39. The molecule has 0 saturated heterocycles. The molecule has 1 heterocycles. The van der Waals surface area contributed by atoms with Crippen molar-refractivity contribution in [2.75, 3.05) is 7.11 Å². The zero-order valence-electron chi connectivity index (χ0n) is 13.2. The number of benzene rings is 1. The Hall–Kier alpha value is -2.46. The first-order valence-corrected chi connectivity index (χ1v) is 7.46. The minimum absolute atomic E-state index is 0.570. The van der Waals surface area contributed by atoms with E-state index in [2.05, 4.69) is 22.0 Å². The monoisotopic (exact) mass is 299 g/mol. The van der Waals surface area contributed by atoms with Crippen molar-refractivity contribution < 1.29 is 4.74 Å². The lowest BCUT2D eigenvalue weighted by atomic mass is 9.88. The molecule has 0 fully saturated rings. The molecule has 2 rings (SSSR count). The number of rotatable bonds is 7. The number of azide groups is 1. The maximum atomic E-state index is 9.00. The van der Waals surface area contributed by atoms with E-state index in [1.165, 1.54) is 0 Å². The highest BCUT2D eigenvalue weighted by atomic mass is 16.5. The van der Waals surface area contributed by atoms with E-state index in [0.717, 1.165) is 36.4 Å². The van der Waals surface area contributed by atoms with Gasteiger partial charge in [0, 0.05) is 11.1 Å². The van der Waals surface area contributed by atoms with Gasteiger partial charge in [0.25, 0.3) is 0 Å². The van der Waals surface area contributed by atoms with Crippen LogP contribution in [-0.2, 0) is 5.54 Å². The van der Waals surface area contributed by atoms with Crippen molar-refractivity contribution in [2.24, 2.45) is 5.11 Å². The second-order valence-electron chi connectivity index (χ2n) is 5.15. The van der Waals surface area contributed by atoms with Gasteiger partial charge in [-0.1, -0.05) is 25.4 Å². The highest BCUT2D eigenvalue weighted by Gasteiger charge is 2.32. The molecule has 0 saturated carbocycles. The SMILES string of the molecule is CCCC(CC)(N=[N+]=[N-])c1ccnn1-c1ccc(OC)cc1. The molecule has 1 unspecified atom stereocenters. The molecule has 116 valence electrons. The summed E-state index contributed by atoms with van der Waals surface area (Å²) in [4.78, 5) is 3.08. The van der Waals surface area contributed by atoms with Gasteiger partial charge in [-0.15, -0.1) is 0 Å². The van der Waals surface area contributed by atoms with Crippen molar-refractivity contribution >= 4 is 0 Å². The molecule has 1 aromatic carbocycles. The molecule has 0 spiro atoms. The number of ether oxygens (including phenoxy) is 1. The summed E-state index contributed by atoms with van der Waals surface area (Å²) in [6.07, 6.45) is 4.19. The van der Waals surface area contributed by atoms with Crippen molar-refractivity contribution in [1.29, 1.82) is 0 Å². The summed E-state index contributed by atoms with van der Waals surface area (Å²) in [7, 11) is 1.64. The Labute approximate surface area is 130 Å². The third-order valence-electron chi connectivity index (χ3n) is 3.92. The standard InChI is InChI=1S/C16H21N5O/c1-4-11-16(5-2,19-20-17)15-10-12-18-21(15)13-6-8-14(22-3)9-7-13/h6-10,12H,4-5,11H2,1-3H3. The van der Waals surface area contributed by atoms with Crippen LogP contribution in [0.2, 0.25) is 0 Å². The van der Waals surface area contributed by atoms with E-state index in [-0.39, 0.29) is 0 Å². The Bertz CT molecular complexity index is 657. The molecule has 6 heteroatoms. The molecule has 0 bridgehead atoms. The molecule has 6 nitrogen and oxygen atoms in total. The van der Waals surface area contributed by atoms with Gasteiger partial charge in [0.2, 0.25) is 0 Å². The van der Waals surface area contributed by atoms with E-state index in [4.69, 9.17) is 10.3 Å². The van der Waals surface area contributed by atoms with Crippen molar-refractivity contribution in [3.05, 3.63) is 52.7 Å². The summed E-state index contributed by atoms with van der Waals surface area (Å²) in [5.41, 5.74) is 10.3. The number of methoxy groups -OCH3 is 1. The Morgan fingerprint density at radius 1 is 1.27 bits per heavy atom. The van der Waals surface area contributed by atoms with Gasteiger partial charge in [-0.3, -0.25) is 0 Å². The van der Waals surface area contributed by atoms with E-state index in [1.807, 2.05) is 41.9 Å². The molecule has 1 atom stereocenters. The quantitative estimate of drug-likeness (QED) is 0.425. The highest BCUT2D eigenvalue weighted by Crippen LogP contribution is 2.36. The maximum absolute atomic E-state index is 9.00. The van der Waals surface area contributed by atoms with Gasteiger partial charge in [0.15, 0.2) is 0 Å². The summed E-state index contributed by atoms with van der Waals surface area (Å²) in [6.45, 7) is 4.13. The first kappa shape index (κ1) is 15.9. The molecule has 0 radical (unpaired) electrons. The van der Waals surface area contributed by atoms with E-state index in [0.29, 0.717) is 0 Å². The lowest BCUT2D eigenvalue weighted by Gasteiger charge is -2.28. The molecule has 22 heavy (non-hydrogen) atoms. The molecule has 0 aliphatic rings. The van der Waals surface area contributed by atoms with Gasteiger partial charge in [-0.2, -0.15) is 5.10 Å². The first-order valence-electron chi connectivity index (χ1n) is 7.46. The van der Waals surface area contributed by atoms with Crippen LogP contribution < -0.4 is 4.74 Å². The summed E-state index contributed by atoms with van der Waals surface area (Å²) < 4.78 is 7.03. The van der Waals surface area contributed by atoms with Gasteiger partial charge in [-0.25, -0.2) is 4.68 Å². The lowest BCUT2D eigenvalue weighted by molar-refractivity contribution is 0.368. The Morgan fingerprint density at radius 3 is 2.55 bits per heavy atom. The van der Waals surface area contributed by atoms with Gasteiger partial charge >= 0.3 is 0 Å². The average molecular weight is 299 g/mol. The third kappa shape index (κ3) is 2.92. The van der Waals surface area contributed by atoms with Crippen molar-refractivity contribution in [1.82, 2.24) is 9.78 Å². The zero-order chi connectivity index (χ0) is 16.0. The van der Waals surface area contributed by atoms with Crippen molar-refractivity contribution in [3.63, 3.8) is 0 Å². The summed E-state index contributed by atoms with van der Waals surface area (Å²) in [5.74, 6) is 0.794. The van der Waals surface area contributed by atoms with E-state index in [1.54, 1.807) is 13.3 Å². The van der Waals surface area contributed by atoms with Crippen LogP contribution in [0, 0.1) is 0 Å². The molecule has 0 amide bonds. The molecular weight excluding hydrogens is 278 g/mol. The van der Waals surface area contributed by atoms with E-state index in [9.17, 15) is 0 Å². The molecule has 1 aromatic heterocycles. The Kier molecular flexibility index (Phi) is 5.07. The normalized spacial score (nSPS) is 13.2. The Morgan fingerprint density at radius 2 is 2.00 bits per heavy atom. The number of aromatic nitrogens is 2. The van der Waals surface area contributed by atoms with Gasteiger partial charge in [0.1, 0.15) is 5.75 Å². The topological polar surface area (TPSA) is 75.8 Å². The minimum atomic E-state index is -0.570. The van der Waals surface area contributed by atoms with Crippen LogP contribution in [0.25, 0.3) is 16.1 Å². The van der Waals surface area contributed by atoms with Crippen LogP contribution in [0.3, 0.4) is 0 Å². The third-order valence-corrected chi connectivity index (χ3v) is 3.92. The second-order valence-corrected chi connectivity index (χ2v) is 5.15. The number of hydrogen-bond acceptors (Lipinski definition) is 3. The van der Waals surface area contributed by atoms with Crippen LogP contribution in [0.4, 0.5) is 0 Å². The van der Waals surface area contributed by atoms with E-state index < -0.39 is 5.54 Å². The van der Waals surface area contributed by atoms with Gasteiger partial charge in [-0.05, 0) is 48.7 Å². The second kappa shape index (κ2) is 7.00. The Balaban J connectivity index is 2.52. The first-order chi connectivity index (χ1) is 10.7. The molecule has 0 aliphatic heterocycles. The predicted octanol–water partition coefficient (Wildman–Crippen LogP) is 4.60. The molecular formula is C16H21N5O. The zero-order valence-corrected chi connectivity index (χ0v) is 13.2. The average Bonchev–Trinajstić information content (AvgIpc) is 3.04. The van der Waals surface area contributed by atoms with Crippen molar-refractivity contribution in [2.45, 2.75) is 38.6 Å². The smallest absolute Gasteiger partial charge is 0.119 e. The van der Waals surface area contributed by atoms with Crippen LogP contribution in [0.5, 0.6) is 5.75 Å². The maximum Gasteiger partial charge on any atom is 0.119 e. The fourth-order valence-corrected chi connectivity index (χ4v) is 2.74. The summed E-state index contributed by atoms with van der Waals surface area (Å²) >= 11 is 0. The minimum Gasteiger partial charge on any atom is -0.497 e. The molecule has 0 aliphatic carbocycles. The predicted molar refractivity (Wildman–Crippen MR) is 86.1 cm³/mol. The molecule has 0 N–H and O–H groups in total. The lowest BCUT2D eigenvalue weighted by Crippen LogP contribution is -2.25. The summed E-state index contributed by atoms with van der Waals surface area (Å²) in [6, 6.07) is 9.59. The van der Waals surface area contributed by atoms with E-state index >= 15 is 0 Å². The van der Waals surface area contributed by atoms with Crippen LogP contribution in [0.15, 0.2) is 41.6 Å². The number of hydrogen-bond donors (Lipinski definition) is 0. The van der Waals surface area contributed by atoms with Gasteiger partial charge in [0.05, 0.1) is 24.0 Å². The number of nitrogens with zero attached hydrogens (tertiary/aromatic N) is 5. The summed E-state index contributed by atoms with van der Waals surface area (Å²) in [5, 5.41) is 8.53. The largest absolute Gasteiger partial charge is 0.497 e. The van der Waals surface area contributed by atoms with Gasteiger partial charge < -0.3 is 4.74 Å². The van der Waals surface area contributed by atoms with Crippen LogP contribution >= 0.6 is 0 Å². The van der Waals surface area contributed by atoms with Crippen molar-refractivity contribution in [3.8, 4) is 11.4 Å². The molecule has 2 aromatic rings. The fraction of sp³-hybridized carbons (Fsp3) is 0.438.